The standard InChI is InChI=1S/C5H11NO2S.2CH4S.H2O4S/c1-9-3-2-4(6)5(7)8;2*1-2;1-5(2,3)4/h4H,2-3,6H2,1H3,(H,7,8);2*2H,1H3;(H2,1,2,3,4)/t4-;;;/m0.../s1. The van der Waals surface area contributed by atoms with Crippen molar-refractivity contribution in [1.29, 1.82) is 0 Å². The summed E-state index contributed by atoms with van der Waals surface area (Å²) in [5.41, 5.74) is 5.19. The smallest absolute Gasteiger partial charge is 0.394 e. The van der Waals surface area contributed by atoms with E-state index in [0.29, 0.717) is 6.42 Å². The van der Waals surface area contributed by atoms with Crippen LogP contribution in [0.4, 0.5) is 0 Å². The molecule has 0 spiro atoms. The number of hydrogen-bond donors (Lipinski definition) is 6. The van der Waals surface area contributed by atoms with Gasteiger partial charge in [-0.05, 0) is 30.9 Å². The molecule has 0 aliphatic heterocycles. The maximum absolute atomic E-state index is 10.1. The summed E-state index contributed by atoms with van der Waals surface area (Å²) in [6, 6.07) is -0.683. The van der Waals surface area contributed by atoms with Gasteiger partial charge in [0.1, 0.15) is 6.04 Å². The number of carboxylic acids is 1. The van der Waals surface area contributed by atoms with E-state index in [2.05, 4.69) is 25.3 Å². The van der Waals surface area contributed by atoms with Crippen molar-refractivity contribution in [3.8, 4) is 0 Å². The minimum Gasteiger partial charge on any atom is -0.480 e. The molecule has 0 bridgehead atoms. The van der Waals surface area contributed by atoms with Crippen LogP contribution in [0.3, 0.4) is 0 Å². The Bertz CT molecular complexity index is 251. The first-order valence-electron chi connectivity index (χ1n) is 4.25. The van der Waals surface area contributed by atoms with Crippen LogP contribution < -0.4 is 5.73 Å². The SMILES string of the molecule is CS.CS.CSCC[C@H](N)C(=O)O.O=S(=O)(O)O. The number of hydrogen-bond acceptors (Lipinski definition) is 7. The van der Waals surface area contributed by atoms with Crippen LogP contribution in [0, 0.1) is 0 Å². The van der Waals surface area contributed by atoms with Crippen LogP contribution in [0.2, 0.25) is 0 Å². The fraction of sp³-hybridized carbons (Fsp3) is 0.857. The molecule has 0 saturated carbocycles. The molecule has 0 heterocycles. The monoisotopic (exact) mass is 343 g/mol. The summed E-state index contributed by atoms with van der Waals surface area (Å²) in [4.78, 5) is 10.1. The molecule has 0 unspecified atom stereocenters. The summed E-state index contributed by atoms with van der Waals surface area (Å²) in [7, 11) is -4.67. The lowest BCUT2D eigenvalue weighted by Gasteiger charge is -2.02. The van der Waals surface area contributed by atoms with Crippen LogP contribution in [0.5, 0.6) is 0 Å². The summed E-state index contributed by atoms with van der Waals surface area (Å²) in [6.07, 6.45) is 5.87. The zero-order chi connectivity index (χ0) is 15.8. The molecule has 11 heteroatoms. The van der Waals surface area contributed by atoms with Gasteiger partial charge in [-0.15, -0.1) is 0 Å². The van der Waals surface area contributed by atoms with Crippen molar-refractivity contribution in [3.05, 3.63) is 0 Å². The molecular weight excluding hydrogens is 322 g/mol. The van der Waals surface area contributed by atoms with Gasteiger partial charge in [-0.1, -0.05) is 0 Å². The van der Waals surface area contributed by atoms with Crippen LogP contribution in [-0.2, 0) is 15.2 Å². The minimum atomic E-state index is -4.67. The highest BCUT2D eigenvalue weighted by Crippen LogP contribution is 1.97. The highest BCUT2D eigenvalue weighted by Gasteiger charge is 2.08. The Morgan fingerprint density at radius 1 is 1.28 bits per heavy atom. The van der Waals surface area contributed by atoms with E-state index >= 15 is 0 Å². The molecule has 0 amide bonds. The summed E-state index contributed by atoms with van der Waals surface area (Å²) in [5, 5.41) is 8.27. The van der Waals surface area contributed by atoms with E-state index in [1.165, 1.54) is 0 Å². The highest BCUT2D eigenvalue weighted by molar-refractivity contribution is 7.98. The normalized spacial score (nSPS) is 10.4. The van der Waals surface area contributed by atoms with E-state index in [-0.39, 0.29) is 0 Å². The maximum Gasteiger partial charge on any atom is 0.394 e. The van der Waals surface area contributed by atoms with E-state index in [1.54, 1.807) is 24.3 Å². The Morgan fingerprint density at radius 2 is 1.56 bits per heavy atom. The van der Waals surface area contributed by atoms with Crippen molar-refractivity contribution in [1.82, 2.24) is 0 Å². The number of nitrogens with two attached hydrogens (primary N) is 1. The minimum absolute atomic E-state index is 0.552. The van der Waals surface area contributed by atoms with Gasteiger partial charge in [0.25, 0.3) is 0 Å². The number of rotatable bonds is 4. The second-order valence-corrected chi connectivity index (χ2v) is 4.06. The quantitative estimate of drug-likeness (QED) is 0.322. The Balaban J connectivity index is -0.0000000925. The van der Waals surface area contributed by atoms with Gasteiger partial charge in [-0.2, -0.15) is 45.4 Å². The van der Waals surface area contributed by atoms with Gasteiger partial charge in [-0.25, -0.2) is 0 Å². The molecular formula is C7H21NO6S4. The van der Waals surface area contributed by atoms with E-state index in [9.17, 15) is 4.79 Å². The summed E-state index contributed by atoms with van der Waals surface area (Å²) in [5.74, 6) is -0.1000. The first kappa shape index (κ1) is 26.8. The summed E-state index contributed by atoms with van der Waals surface area (Å²) in [6.45, 7) is 0. The van der Waals surface area contributed by atoms with Crippen LogP contribution in [0.25, 0.3) is 0 Å². The molecule has 1 atom stereocenters. The maximum atomic E-state index is 10.1. The van der Waals surface area contributed by atoms with Gasteiger partial charge < -0.3 is 10.8 Å². The Hall–Kier alpha value is 0.350. The molecule has 0 fully saturated rings. The second kappa shape index (κ2) is 19.7. The second-order valence-electron chi connectivity index (χ2n) is 2.17. The van der Waals surface area contributed by atoms with Crippen molar-refractivity contribution in [2.75, 3.05) is 24.5 Å². The Labute approximate surface area is 123 Å². The third-order valence-electron chi connectivity index (χ3n) is 0.950. The molecule has 0 saturated heterocycles. The van der Waals surface area contributed by atoms with E-state index in [0.717, 1.165) is 5.75 Å². The predicted octanol–water partition coefficient (Wildman–Crippen LogP) is 0.591. The molecule has 5 N–H and O–H groups in total. The predicted molar refractivity (Wildman–Crippen MR) is 82.6 cm³/mol. The number of thioether (sulfide) groups is 1. The van der Waals surface area contributed by atoms with E-state index in [1.807, 2.05) is 6.26 Å². The average Bonchev–Trinajstić information content (AvgIpc) is 2.29. The molecule has 114 valence electrons. The van der Waals surface area contributed by atoms with Crippen molar-refractivity contribution in [3.63, 3.8) is 0 Å². The molecule has 0 aliphatic carbocycles. The lowest BCUT2D eigenvalue weighted by molar-refractivity contribution is -0.138. The molecule has 0 radical (unpaired) electrons. The Morgan fingerprint density at radius 3 is 1.72 bits per heavy atom. The first-order chi connectivity index (χ1) is 8.18. The third kappa shape index (κ3) is 55.3. The lowest BCUT2D eigenvalue weighted by Crippen LogP contribution is -2.30. The lowest BCUT2D eigenvalue weighted by atomic mass is 10.2. The number of carboxylic acid groups (broad SMARTS) is 1. The molecule has 7 nitrogen and oxygen atoms in total. The number of thiol groups is 2. The molecule has 0 aromatic rings. The van der Waals surface area contributed by atoms with Crippen molar-refractivity contribution in [2.45, 2.75) is 12.5 Å². The van der Waals surface area contributed by atoms with Gasteiger partial charge in [-0.3, -0.25) is 13.9 Å². The molecule has 0 aromatic heterocycles. The largest absolute Gasteiger partial charge is 0.480 e. The first-order valence-corrected chi connectivity index (χ1v) is 8.83. The third-order valence-corrected chi connectivity index (χ3v) is 1.59. The van der Waals surface area contributed by atoms with Gasteiger partial charge in [0.15, 0.2) is 0 Å². The number of carbonyl (C=O) groups is 1. The van der Waals surface area contributed by atoms with E-state index < -0.39 is 22.4 Å². The van der Waals surface area contributed by atoms with E-state index in [4.69, 9.17) is 28.4 Å². The van der Waals surface area contributed by atoms with Gasteiger partial charge in [0.05, 0.1) is 0 Å². The fourth-order valence-corrected chi connectivity index (χ4v) is 0.858. The molecule has 0 aromatic carbocycles. The molecule has 18 heavy (non-hydrogen) atoms. The summed E-state index contributed by atoms with van der Waals surface area (Å²) < 4.78 is 31.6. The van der Waals surface area contributed by atoms with Crippen molar-refractivity contribution >= 4 is 53.4 Å². The van der Waals surface area contributed by atoms with Crippen molar-refractivity contribution in [2.24, 2.45) is 5.73 Å². The van der Waals surface area contributed by atoms with Gasteiger partial charge >= 0.3 is 16.4 Å². The molecule has 0 aliphatic rings. The Kier molecular flexibility index (Phi) is 29.3. The van der Waals surface area contributed by atoms with Gasteiger partial charge in [0, 0.05) is 0 Å². The van der Waals surface area contributed by atoms with Crippen molar-refractivity contribution < 1.29 is 27.4 Å². The zero-order valence-electron chi connectivity index (χ0n) is 10.3. The fourth-order valence-electron chi connectivity index (χ4n) is 0.368. The van der Waals surface area contributed by atoms with Gasteiger partial charge in [0.2, 0.25) is 0 Å². The topological polar surface area (TPSA) is 138 Å². The van der Waals surface area contributed by atoms with Crippen LogP contribution >= 0.6 is 37.0 Å². The highest BCUT2D eigenvalue weighted by atomic mass is 32.3. The van der Waals surface area contributed by atoms with Crippen LogP contribution in [-0.4, -0.2) is 59.2 Å². The zero-order valence-corrected chi connectivity index (χ0v) is 13.8. The average molecular weight is 344 g/mol. The van der Waals surface area contributed by atoms with Crippen LogP contribution in [0.1, 0.15) is 6.42 Å². The number of aliphatic carboxylic acids is 1. The summed E-state index contributed by atoms with van der Waals surface area (Å²) >= 11 is 8.66. The molecule has 0 rings (SSSR count). The van der Waals surface area contributed by atoms with Crippen LogP contribution in [0.15, 0.2) is 0 Å².